The van der Waals surface area contributed by atoms with Gasteiger partial charge in [-0.15, -0.1) is 12.4 Å². The molecule has 4 rings (SSSR count). The standard InChI is InChI=1S/C23H28N4O5.ClH/c1-2-26-18(28)13-23(21(26)31)14-19(29)27(22(23)32)11-10-25-9-8-16(20(24)30)12-17(25)15-6-4-3-5-7-15;/h3-7,16-17H,2,8-14H2,1H3,(H2,24,30);1H. The molecule has 2 N–H and O–H groups in total. The van der Waals surface area contributed by atoms with Gasteiger partial charge in [-0.25, -0.2) is 0 Å². The minimum absolute atomic E-state index is 0. The summed E-state index contributed by atoms with van der Waals surface area (Å²) in [6.07, 6.45) is 0.697. The van der Waals surface area contributed by atoms with Gasteiger partial charge in [-0.2, -0.15) is 0 Å². The molecule has 0 saturated carbocycles. The number of halogens is 1. The lowest BCUT2D eigenvalue weighted by Crippen LogP contribution is -2.46. The van der Waals surface area contributed by atoms with Crippen molar-refractivity contribution in [3.05, 3.63) is 35.9 Å². The summed E-state index contributed by atoms with van der Waals surface area (Å²) >= 11 is 0. The molecule has 1 aromatic rings. The summed E-state index contributed by atoms with van der Waals surface area (Å²) < 4.78 is 0. The molecule has 3 atom stereocenters. The Morgan fingerprint density at radius 1 is 1.00 bits per heavy atom. The molecule has 3 aliphatic heterocycles. The maximum atomic E-state index is 13.1. The zero-order valence-electron chi connectivity index (χ0n) is 18.6. The maximum absolute atomic E-state index is 13.1. The largest absolute Gasteiger partial charge is 0.369 e. The number of nitrogens with zero attached hydrogens (tertiary/aromatic N) is 3. The van der Waals surface area contributed by atoms with Crippen molar-refractivity contribution in [2.45, 2.75) is 38.6 Å². The van der Waals surface area contributed by atoms with Crippen molar-refractivity contribution < 1.29 is 24.0 Å². The Balaban J connectivity index is 0.00000306. The van der Waals surface area contributed by atoms with Crippen molar-refractivity contribution >= 4 is 41.9 Å². The molecule has 3 aliphatic rings. The van der Waals surface area contributed by atoms with Gasteiger partial charge in [-0.3, -0.25) is 38.7 Å². The molecule has 3 unspecified atom stereocenters. The number of hydrogen-bond donors (Lipinski definition) is 1. The number of benzene rings is 1. The Morgan fingerprint density at radius 3 is 2.18 bits per heavy atom. The first-order chi connectivity index (χ1) is 15.3. The quantitative estimate of drug-likeness (QED) is 0.480. The van der Waals surface area contributed by atoms with Gasteiger partial charge in [0.2, 0.25) is 29.5 Å². The molecular weight excluding hydrogens is 448 g/mol. The third kappa shape index (κ3) is 4.27. The molecule has 3 heterocycles. The van der Waals surface area contributed by atoms with Crippen LogP contribution in [0.25, 0.3) is 0 Å². The topological polar surface area (TPSA) is 121 Å². The highest BCUT2D eigenvalue weighted by molar-refractivity contribution is 6.24. The van der Waals surface area contributed by atoms with Gasteiger partial charge < -0.3 is 5.73 Å². The summed E-state index contributed by atoms with van der Waals surface area (Å²) in [5.74, 6) is -2.50. The summed E-state index contributed by atoms with van der Waals surface area (Å²) in [4.78, 5) is 67.0. The number of carbonyl (C=O) groups excluding carboxylic acids is 5. The van der Waals surface area contributed by atoms with E-state index in [1.54, 1.807) is 6.92 Å². The molecule has 33 heavy (non-hydrogen) atoms. The smallest absolute Gasteiger partial charge is 0.246 e. The number of primary amides is 1. The molecule has 10 heteroatoms. The van der Waals surface area contributed by atoms with Gasteiger partial charge in [-0.1, -0.05) is 30.3 Å². The van der Waals surface area contributed by atoms with Gasteiger partial charge in [-0.05, 0) is 31.9 Å². The molecule has 9 nitrogen and oxygen atoms in total. The second-order valence-corrected chi connectivity index (χ2v) is 8.82. The van der Waals surface area contributed by atoms with E-state index in [0.29, 0.717) is 25.9 Å². The van der Waals surface area contributed by atoms with Gasteiger partial charge in [0.25, 0.3) is 0 Å². The van der Waals surface area contributed by atoms with Crippen LogP contribution in [0.4, 0.5) is 0 Å². The number of piperidine rings is 1. The van der Waals surface area contributed by atoms with Crippen LogP contribution in [0.1, 0.15) is 44.2 Å². The highest BCUT2D eigenvalue weighted by Gasteiger charge is 2.63. The van der Waals surface area contributed by atoms with Crippen LogP contribution in [0.3, 0.4) is 0 Å². The van der Waals surface area contributed by atoms with Crippen molar-refractivity contribution in [2.75, 3.05) is 26.2 Å². The molecule has 178 valence electrons. The van der Waals surface area contributed by atoms with Crippen LogP contribution in [0, 0.1) is 11.3 Å². The first-order valence-electron chi connectivity index (χ1n) is 11.1. The summed E-state index contributed by atoms with van der Waals surface area (Å²) in [6.45, 7) is 3.02. The van der Waals surface area contributed by atoms with E-state index >= 15 is 0 Å². The first kappa shape index (κ1) is 24.9. The predicted octanol–water partition coefficient (Wildman–Crippen LogP) is 0.871. The van der Waals surface area contributed by atoms with Gasteiger partial charge in [0.05, 0.1) is 12.8 Å². The Hall–Kier alpha value is -2.78. The van der Waals surface area contributed by atoms with Crippen molar-refractivity contribution in [2.24, 2.45) is 17.1 Å². The average molecular weight is 477 g/mol. The zero-order chi connectivity index (χ0) is 23.0. The normalized spacial score (nSPS) is 28.0. The molecule has 1 spiro atoms. The number of nitrogens with two attached hydrogens (primary N) is 1. The van der Waals surface area contributed by atoms with E-state index in [0.717, 1.165) is 15.4 Å². The molecule has 1 aromatic carbocycles. The van der Waals surface area contributed by atoms with E-state index in [9.17, 15) is 24.0 Å². The molecule has 5 amide bonds. The average Bonchev–Trinajstić information content (AvgIpc) is 3.17. The molecule has 0 bridgehead atoms. The Kier molecular flexibility index (Phi) is 7.23. The number of hydrogen-bond acceptors (Lipinski definition) is 6. The van der Waals surface area contributed by atoms with Gasteiger partial charge in [0.1, 0.15) is 5.41 Å². The van der Waals surface area contributed by atoms with Gasteiger partial charge in [0.15, 0.2) is 0 Å². The van der Waals surface area contributed by atoms with Gasteiger partial charge >= 0.3 is 0 Å². The molecule has 3 saturated heterocycles. The summed E-state index contributed by atoms with van der Waals surface area (Å²) in [6, 6.07) is 9.70. The third-order valence-electron chi connectivity index (χ3n) is 7.04. The van der Waals surface area contributed by atoms with Crippen LogP contribution >= 0.6 is 12.4 Å². The highest BCUT2D eigenvalue weighted by Crippen LogP contribution is 2.43. The van der Waals surface area contributed by atoms with Gasteiger partial charge in [0, 0.05) is 31.6 Å². The van der Waals surface area contributed by atoms with E-state index in [4.69, 9.17) is 5.73 Å². The summed E-state index contributed by atoms with van der Waals surface area (Å²) in [7, 11) is 0. The lowest BCUT2D eigenvalue weighted by Gasteiger charge is -2.39. The van der Waals surface area contributed by atoms with Crippen LogP contribution in [-0.2, 0) is 24.0 Å². The zero-order valence-corrected chi connectivity index (χ0v) is 19.4. The fourth-order valence-corrected chi connectivity index (χ4v) is 5.24. The highest BCUT2D eigenvalue weighted by atomic mass is 35.5. The van der Waals surface area contributed by atoms with E-state index in [1.807, 2.05) is 30.3 Å². The second kappa shape index (κ2) is 9.61. The fourth-order valence-electron chi connectivity index (χ4n) is 5.24. The Labute approximate surface area is 198 Å². The van der Waals surface area contributed by atoms with Crippen LogP contribution in [0.5, 0.6) is 0 Å². The molecule has 3 fully saturated rings. The number of carbonyl (C=O) groups is 5. The third-order valence-corrected chi connectivity index (χ3v) is 7.04. The Bertz CT molecular complexity index is 971. The lowest BCUT2D eigenvalue weighted by atomic mass is 9.84. The lowest BCUT2D eigenvalue weighted by molar-refractivity contribution is -0.147. The first-order valence-corrected chi connectivity index (χ1v) is 11.1. The van der Waals surface area contributed by atoms with Crippen molar-refractivity contribution in [1.29, 1.82) is 0 Å². The SMILES string of the molecule is CCN1C(=O)CC2(CC(=O)N(CCN3CCC(C(N)=O)CC3c3ccccc3)C2=O)C1=O.Cl. The van der Waals surface area contributed by atoms with Crippen molar-refractivity contribution in [1.82, 2.24) is 14.7 Å². The summed E-state index contributed by atoms with van der Waals surface area (Å²) in [5.41, 5.74) is 5.04. The number of amides is 5. The van der Waals surface area contributed by atoms with Crippen molar-refractivity contribution in [3.8, 4) is 0 Å². The fraction of sp³-hybridized carbons (Fsp3) is 0.522. The van der Waals surface area contributed by atoms with E-state index < -0.39 is 29.0 Å². The second-order valence-electron chi connectivity index (χ2n) is 8.82. The van der Waals surface area contributed by atoms with Crippen molar-refractivity contribution in [3.63, 3.8) is 0 Å². The predicted molar refractivity (Wildman–Crippen MR) is 121 cm³/mol. The molecule has 0 aromatic heterocycles. The summed E-state index contributed by atoms with van der Waals surface area (Å²) in [5, 5.41) is 0. The van der Waals surface area contributed by atoms with E-state index in [2.05, 4.69) is 4.90 Å². The van der Waals surface area contributed by atoms with Crippen LogP contribution in [-0.4, -0.2) is 70.4 Å². The van der Waals surface area contributed by atoms with Crippen LogP contribution in [0.2, 0.25) is 0 Å². The monoisotopic (exact) mass is 476 g/mol. The molecular formula is C23H29ClN4O5. The van der Waals surface area contributed by atoms with Crippen LogP contribution in [0.15, 0.2) is 30.3 Å². The number of rotatable bonds is 6. The molecule has 0 radical (unpaired) electrons. The minimum Gasteiger partial charge on any atom is -0.369 e. The van der Waals surface area contributed by atoms with E-state index in [-0.39, 0.29) is 56.2 Å². The maximum Gasteiger partial charge on any atom is 0.246 e. The number of likely N-dealkylation sites (tertiary alicyclic amines) is 3. The number of imide groups is 2. The Morgan fingerprint density at radius 2 is 1.61 bits per heavy atom. The molecule has 0 aliphatic carbocycles. The van der Waals surface area contributed by atoms with E-state index in [1.165, 1.54) is 0 Å². The van der Waals surface area contributed by atoms with Crippen LogP contribution < -0.4 is 5.73 Å². The minimum atomic E-state index is -1.57.